The highest BCUT2D eigenvalue weighted by atomic mass is 35.5. The summed E-state index contributed by atoms with van der Waals surface area (Å²) in [5.74, 6) is 0. The van der Waals surface area contributed by atoms with Crippen LogP contribution in [0.5, 0.6) is 0 Å². The third-order valence-corrected chi connectivity index (χ3v) is 5.74. The van der Waals surface area contributed by atoms with Gasteiger partial charge in [-0.15, -0.1) is 12.4 Å². The molecule has 2 N–H and O–H groups in total. The van der Waals surface area contributed by atoms with Gasteiger partial charge >= 0.3 is 0 Å². The molecule has 2 aromatic rings. The highest BCUT2D eigenvalue weighted by Gasteiger charge is 2.30. The fourth-order valence-corrected chi connectivity index (χ4v) is 4.40. The lowest BCUT2D eigenvalue weighted by atomic mass is 9.88. The van der Waals surface area contributed by atoms with E-state index < -0.39 is 0 Å². The highest BCUT2D eigenvalue weighted by molar-refractivity contribution is 5.85. The van der Waals surface area contributed by atoms with Crippen LogP contribution in [0.1, 0.15) is 44.6 Å². The van der Waals surface area contributed by atoms with Crippen LogP contribution in [0.2, 0.25) is 0 Å². The summed E-state index contributed by atoms with van der Waals surface area (Å²) in [6.45, 7) is 2.21. The van der Waals surface area contributed by atoms with Gasteiger partial charge in [0.05, 0.1) is 17.6 Å². The first-order valence-corrected chi connectivity index (χ1v) is 9.18. The summed E-state index contributed by atoms with van der Waals surface area (Å²) < 4.78 is 1.72. The lowest BCUT2D eigenvalue weighted by molar-refractivity contribution is 0.104. The summed E-state index contributed by atoms with van der Waals surface area (Å²) in [6, 6.07) is 8.91. The molecule has 136 valence electrons. The van der Waals surface area contributed by atoms with Crippen LogP contribution in [-0.4, -0.2) is 39.9 Å². The molecule has 0 unspecified atom stereocenters. The molecule has 25 heavy (non-hydrogen) atoms. The van der Waals surface area contributed by atoms with Gasteiger partial charge in [-0.05, 0) is 51.1 Å². The van der Waals surface area contributed by atoms with Gasteiger partial charge in [-0.25, -0.2) is 4.68 Å². The van der Waals surface area contributed by atoms with Crippen molar-refractivity contribution < 1.29 is 0 Å². The molecule has 1 atom stereocenters. The van der Waals surface area contributed by atoms with Gasteiger partial charge in [0, 0.05) is 24.0 Å². The maximum Gasteiger partial charge on any atom is 0.274 e. The molecule has 5 nitrogen and oxygen atoms in total. The predicted molar refractivity (Wildman–Crippen MR) is 103 cm³/mol. The van der Waals surface area contributed by atoms with Crippen molar-refractivity contribution >= 4 is 23.2 Å². The molecule has 1 aliphatic heterocycles. The summed E-state index contributed by atoms with van der Waals surface area (Å²) in [7, 11) is 0. The zero-order chi connectivity index (χ0) is 16.5. The Balaban J connectivity index is 0.00000182. The molecule has 2 aliphatic rings. The van der Waals surface area contributed by atoms with Crippen molar-refractivity contribution in [2.24, 2.45) is 5.73 Å². The smallest absolute Gasteiger partial charge is 0.274 e. The second-order valence-corrected chi connectivity index (χ2v) is 7.34. The van der Waals surface area contributed by atoms with E-state index in [9.17, 15) is 4.79 Å². The molecule has 0 bridgehead atoms. The third kappa shape index (κ3) is 3.73. The second kappa shape index (κ2) is 7.85. The number of likely N-dealkylation sites (tertiary alicyclic amines) is 1. The van der Waals surface area contributed by atoms with Crippen LogP contribution in [0.25, 0.3) is 10.8 Å². The van der Waals surface area contributed by atoms with Gasteiger partial charge in [-0.3, -0.25) is 9.69 Å². The number of hydrogen-bond acceptors (Lipinski definition) is 4. The van der Waals surface area contributed by atoms with Crippen molar-refractivity contribution in [1.82, 2.24) is 14.7 Å². The minimum Gasteiger partial charge on any atom is -0.327 e. The fraction of sp³-hybridized carbons (Fsp3) is 0.579. The molecule has 1 aromatic carbocycles. The molecule has 0 spiro atoms. The van der Waals surface area contributed by atoms with E-state index in [1.807, 2.05) is 30.5 Å². The Labute approximate surface area is 154 Å². The monoisotopic (exact) mass is 362 g/mol. The number of aromatic nitrogens is 2. The Hall–Kier alpha value is -1.43. The molecule has 1 aromatic heterocycles. The van der Waals surface area contributed by atoms with Crippen molar-refractivity contribution in [2.45, 2.75) is 56.7 Å². The van der Waals surface area contributed by atoms with E-state index in [0.29, 0.717) is 12.1 Å². The number of rotatable bonds is 2. The topological polar surface area (TPSA) is 64.2 Å². The van der Waals surface area contributed by atoms with E-state index in [2.05, 4.69) is 10.00 Å². The van der Waals surface area contributed by atoms with Crippen LogP contribution in [-0.2, 0) is 0 Å². The predicted octanol–water partition coefficient (Wildman–Crippen LogP) is 2.73. The van der Waals surface area contributed by atoms with Gasteiger partial charge < -0.3 is 5.73 Å². The first kappa shape index (κ1) is 18.4. The minimum atomic E-state index is 0. The number of fused-ring (bicyclic) bond motifs is 1. The number of piperidine rings is 1. The summed E-state index contributed by atoms with van der Waals surface area (Å²) in [4.78, 5) is 15.3. The van der Waals surface area contributed by atoms with Gasteiger partial charge in [-0.2, -0.15) is 5.10 Å². The number of halogens is 1. The maximum absolute atomic E-state index is 12.7. The average molecular weight is 363 g/mol. The fourth-order valence-electron chi connectivity index (χ4n) is 4.40. The van der Waals surface area contributed by atoms with Crippen molar-refractivity contribution in [3.05, 3.63) is 40.8 Å². The molecule has 1 saturated heterocycles. The summed E-state index contributed by atoms with van der Waals surface area (Å²) in [5, 5.41) is 6.15. The standard InChI is InChI=1S/C19H26N4O.ClH/c20-15-5-3-11-22(13-15)16-7-9-17(10-8-16)23-19(24)18-6-2-1-4-14(18)12-21-23;/h1-2,4,6,12,15-17H,3,5,7-11,13,20H2;1H/t15-,16?,17?;/m0./s1. The Bertz CT molecular complexity index is 769. The average Bonchev–Trinajstić information content (AvgIpc) is 2.63. The molecule has 6 heteroatoms. The number of hydrogen-bond donors (Lipinski definition) is 1. The Kier molecular flexibility index (Phi) is 5.77. The molecule has 4 rings (SSSR count). The molecule has 1 saturated carbocycles. The van der Waals surface area contributed by atoms with E-state index in [0.717, 1.165) is 49.4 Å². The molecule has 2 heterocycles. The van der Waals surface area contributed by atoms with Crippen molar-refractivity contribution in [3.8, 4) is 0 Å². The molecular weight excluding hydrogens is 336 g/mol. The third-order valence-electron chi connectivity index (χ3n) is 5.74. The number of benzene rings is 1. The lowest BCUT2D eigenvalue weighted by Gasteiger charge is -2.40. The van der Waals surface area contributed by atoms with Gasteiger partial charge in [0.2, 0.25) is 0 Å². The van der Waals surface area contributed by atoms with Crippen LogP contribution < -0.4 is 11.3 Å². The summed E-state index contributed by atoms with van der Waals surface area (Å²) in [6.07, 6.45) is 8.53. The lowest BCUT2D eigenvalue weighted by Crippen LogP contribution is -2.49. The van der Waals surface area contributed by atoms with Gasteiger partial charge in [-0.1, -0.05) is 18.2 Å². The first-order valence-electron chi connectivity index (χ1n) is 9.18. The normalized spacial score (nSPS) is 27.8. The van der Waals surface area contributed by atoms with Crippen LogP contribution >= 0.6 is 12.4 Å². The van der Waals surface area contributed by atoms with E-state index in [1.54, 1.807) is 4.68 Å². The van der Waals surface area contributed by atoms with Crippen LogP contribution in [0.15, 0.2) is 35.3 Å². The summed E-state index contributed by atoms with van der Waals surface area (Å²) in [5.41, 5.74) is 6.18. The minimum absolute atomic E-state index is 0. The zero-order valence-electron chi connectivity index (χ0n) is 14.5. The van der Waals surface area contributed by atoms with Gasteiger partial charge in [0.1, 0.15) is 0 Å². The molecule has 0 radical (unpaired) electrons. The Morgan fingerprint density at radius 1 is 1.04 bits per heavy atom. The first-order chi connectivity index (χ1) is 11.7. The number of nitrogens with two attached hydrogens (primary N) is 1. The molecule has 2 fully saturated rings. The van der Waals surface area contributed by atoms with Crippen molar-refractivity contribution in [2.75, 3.05) is 13.1 Å². The van der Waals surface area contributed by atoms with Crippen LogP contribution in [0, 0.1) is 0 Å². The Morgan fingerprint density at radius 2 is 1.76 bits per heavy atom. The summed E-state index contributed by atoms with van der Waals surface area (Å²) >= 11 is 0. The van der Waals surface area contributed by atoms with E-state index in [-0.39, 0.29) is 24.0 Å². The van der Waals surface area contributed by atoms with Crippen LogP contribution in [0.4, 0.5) is 0 Å². The van der Waals surface area contributed by atoms with Gasteiger partial charge in [0.25, 0.3) is 5.56 Å². The SMILES string of the molecule is Cl.N[C@H]1CCCN(C2CCC(n3ncc4ccccc4c3=O)CC2)C1. The quantitative estimate of drug-likeness (QED) is 0.892. The Morgan fingerprint density at radius 3 is 2.52 bits per heavy atom. The largest absolute Gasteiger partial charge is 0.327 e. The van der Waals surface area contributed by atoms with E-state index >= 15 is 0 Å². The molecule has 0 amide bonds. The van der Waals surface area contributed by atoms with E-state index in [4.69, 9.17) is 5.73 Å². The number of nitrogens with zero attached hydrogens (tertiary/aromatic N) is 3. The van der Waals surface area contributed by atoms with Crippen molar-refractivity contribution in [1.29, 1.82) is 0 Å². The van der Waals surface area contributed by atoms with Crippen molar-refractivity contribution in [3.63, 3.8) is 0 Å². The molecular formula is C19H27ClN4O. The van der Waals surface area contributed by atoms with E-state index in [1.165, 1.54) is 13.0 Å². The molecule has 1 aliphatic carbocycles. The van der Waals surface area contributed by atoms with Crippen LogP contribution in [0.3, 0.4) is 0 Å². The van der Waals surface area contributed by atoms with Gasteiger partial charge in [0.15, 0.2) is 0 Å². The zero-order valence-corrected chi connectivity index (χ0v) is 15.3. The maximum atomic E-state index is 12.7. The second-order valence-electron chi connectivity index (χ2n) is 7.34. The highest BCUT2D eigenvalue weighted by Crippen LogP contribution is 2.31.